The lowest BCUT2D eigenvalue weighted by Gasteiger charge is -2.34. The van der Waals surface area contributed by atoms with Crippen LogP contribution in [0.1, 0.15) is 91.9 Å². The number of aryl methyl sites for hydroxylation is 4. The molecule has 1 saturated carbocycles. The fourth-order valence-corrected chi connectivity index (χ4v) is 6.20. The second kappa shape index (κ2) is 11.1. The topological polar surface area (TPSA) is 38.2 Å². The highest BCUT2D eigenvalue weighted by Gasteiger charge is 2.27. The zero-order chi connectivity index (χ0) is 25.1. The molecule has 5 rings (SSSR count). The van der Waals surface area contributed by atoms with E-state index in [9.17, 15) is 0 Å². The van der Waals surface area contributed by atoms with Gasteiger partial charge in [-0.05, 0) is 94.0 Å². The van der Waals surface area contributed by atoms with E-state index in [1.165, 1.54) is 59.9 Å². The standard InChI is InChI=1S/C32H41N3O/c1-5-23-14-11-15-24(6-2)30(23)31-33-22(3)28(32(34-31)36-26-17-8-9-18-26)21-35(4)29-20-12-16-25-13-7-10-19-27(25)29/h7,10-11,13-15,19,26,29H,5-6,8-9,12,16-18,20-21H2,1-4H3/t29-/m0/s1. The molecule has 4 heteroatoms. The van der Waals surface area contributed by atoms with Crippen molar-refractivity contribution in [1.29, 1.82) is 0 Å². The third-order valence-corrected chi connectivity index (χ3v) is 8.26. The lowest BCUT2D eigenvalue weighted by atomic mass is 9.87. The van der Waals surface area contributed by atoms with Crippen LogP contribution >= 0.6 is 0 Å². The second-order valence-electron chi connectivity index (χ2n) is 10.6. The molecule has 2 aromatic carbocycles. The van der Waals surface area contributed by atoms with Crippen LogP contribution in [-0.4, -0.2) is 28.0 Å². The molecule has 0 aliphatic heterocycles. The first-order valence-corrected chi connectivity index (χ1v) is 14.0. The average Bonchev–Trinajstić information content (AvgIpc) is 3.42. The van der Waals surface area contributed by atoms with Crippen molar-refractivity contribution in [3.05, 3.63) is 76.0 Å². The van der Waals surface area contributed by atoms with Crippen LogP contribution < -0.4 is 4.74 Å². The van der Waals surface area contributed by atoms with Gasteiger partial charge in [0, 0.05) is 29.4 Å². The van der Waals surface area contributed by atoms with Gasteiger partial charge in [-0.25, -0.2) is 4.98 Å². The van der Waals surface area contributed by atoms with E-state index in [0.29, 0.717) is 6.04 Å². The molecule has 0 radical (unpaired) electrons. The highest BCUT2D eigenvalue weighted by molar-refractivity contribution is 5.66. The van der Waals surface area contributed by atoms with Crippen LogP contribution in [0, 0.1) is 6.92 Å². The third-order valence-electron chi connectivity index (χ3n) is 8.26. The summed E-state index contributed by atoms with van der Waals surface area (Å²) in [4.78, 5) is 12.8. The molecule has 0 unspecified atom stereocenters. The number of ether oxygens (including phenoxy) is 1. The van der Waals surface area contributed by atoms with Crippen LogP contribution in [0.15, 0.2) is 42.5 Å². The fraction of sp³-hybridized carbons (Fsp3) is 0.500. The maximum absolute atomic E-state index is 6.68. The van der Waals surface area contributed by atoms with Crippen LogP contribution in [0.4, 0.5) is 0 Å². The SMILES string of the molecule is CCc1cccc(CC)c1-c1nc(C)c(CN(C)[C@H]2CCCc3ccccc32)c(OC2CCCC2)n1. The molecule has 3 aromatic rings. The van der Waals surface area contributed by atoms with Crippen LogP contribution in [0.2, 0.25) is 0 Å². The van der Waals surface area contributed by atoms with E-state index in [1.54, 1.807) is 0 Å². The first kappa shape index (κ1) is 25.0. The van der Waals surface area contributed by atoms with Crippen molar-refractivity contribution >= 4 is 0 Å². The number of benzene rings is 2. The summed E-state index contributed by atoms with van der Waals surface area (Å²) in [7, 11) is 2.25. The molecule has 190 valence electrons. The Hall–Kier alpha value is -2.72. The molecule has 1 atom stereocenters. The molecule has 0 spiro atoms. The van der Waals surface area contributed by atoms with E-state index in [4.69, 9.17) is 14.7 Å². The molecule has 4 nitrogen and oxygen atoms in total. The van der Waals surface area contributed by atoms with Crippen LogP contribution in [0.5, 0.6) is 5.88 Å². The van der Waals surface area contributed by atoms with Gasteiger partial charge in [0.15, 0.2) is 5.82 Å². The van der Waals surface area contributed by atoms with Gasteiger partial charge in [-0.15, -0.1) is 0 Å². The lowest BCUT2D eigenvalue weighted by molar-refractivity contribution is 0.183. The van der Waals surface area contributed by atoms with Gasteiger partial charge in [0.25, 0.3) is 0 Å². The summed E-state index contributed by atoms with van der Waals surface area (Å²) in [6.07, 6.45) is 10.5. The summed E-state index contributed by atoms with van der Waals surface area (Å²) in [5, 5.41) is 0. The normalized spacial score (nSPS) is 18.0. The Morgan fingerprint density at radius 2 is 1.61 bits per heavy atom. The molecule has 1 aromatic heterocycles. The Morgan fingerprint density at radius 3 is 2.33 bits per heavy atom. The highest BCUT2D eigenvalue weighted by Crippen LogP contribution is 2.37. The molecule has 0 amide bonds. The van der Waals surface area contributed by atoms with E-state index >= 15 is 0 Å². The van der Waals surface area contributed by atoms with Crippen LogP contribution in [-0.2, 0) is 25.8 Å². The van der Waals surface area contributed by atoms with Crippen molar-refractivity contribution in [3.63, 3.8) is 0 Å². The van der Waals surface area contributed by atoms with Gasteiger partial charge in [0.05, 0.1) is 0 Å². The van der Waals surface area contributed by atoms with Crippen LogP contribution in [0.3, 0.4) is 0 Å². The van der Waals surface area contributed by atoms with Crippen molar-refractivity contribution in [2.75, 3.05) is 7.05 Å². The summed E-state index contributed by atoms with van der Waals surface area (Å²) in [5.41, 5.74) is 8.97. The van der Waals surface area contributed by atoms with Gasteiger partial charge in [-0.2, -0.15) is 4.98 Å². The first-order valence-electron chi connectivity index (χ1n) is 14.0. The lowest BCUT2D eigenvalue weighted by Crippen LogP contribution is -2.28. The van der Waals surface area contributed by atoms with E-state index < -0.39 is 0 Å². The largest absolute Gasteiger partial charge is 0.474 e. The smallest absolute Gasteiger partial charge is 0.222 e. The number of rotatable bonds is 8. The van der Waals surface area contributed by atoms with Gasteiger partial charge in [-0.3, -0.25) is 4.90 Å². The molecular weight excluding hydrogens is 442 g/mol. The predicted molar refractivity (Wildman–Crippen MR) is 147 cm³/mol. The minimum atomic E-state index is 0.263. The molecule has 0 bridgehead atoms. The van der Waals surface area contributed by atoms with Gasteiger partial charge in [0.1, 0.15) is 6.10 Å². The molecule has 0 saturated heterocycles. The molecule has 1 heterocycles. The zero-order valence-electron chi connectivity index (χ0n) is 22.5. The Kier molecular flexibility index (Phi) is 7.71. The van der Waals surface area contributed by atoms with E-state index in [-0.39, 0.29) is 6.10 Å². The summed E-state index contributed by atoms with van der Waals surface area (Å²) < 4.78 is 6.68. The quantitative estimate of drug-likeness (QED) is 0.334. The molecule has 2 aliphatic rings. The summed E-state index contributed by atoms with van der Waals surface area (Å²) in [6.45, 7) is 7.37. The van der Waals surface area contributed by atoms with Gasteiger partial charge >= 0.3 is 0 Å². The molecular formula is C32H41N3O. The summed E-state index contributed by atoms with van der Waals surface area (Å²) in [6, 6.07) is 16.0. The summed E-state index contributed by atoms with van der Waals surface area (Å²) in [5.74, 6) is 1.62. The highest BCUT2D eigenvalue weighted by atomic mass is 16.5. The molecule has 1 fully saturated rings. The van der Waals surface area contributed by atoms with E-state index in [1.807, 2.05) is 0 Å². The summed E-state index contributed by atoms with van der Waals surface area (Å²) >= 11 is 0. The molecule has 0 N–H and O–H groups in total. The molecule has 36 heavy (non-hydrogen) atoms. The number of aromatic nitrogens is 2. The minimum absolute atomic E-state index is 0.263. The minimum Gasteiger partial charge on any atom is -0.474 e. The third kappa shape index (κ3) is 5.06. The predicted octanol–water partition coefficient (Wildman–Crippen LogP) is 7.41. The van der Waals surface area contributed by atoms with E-state index in [2.05, 4.69) is 75.2 Å². The zero-order valence-corrected chi connectivity index (χ0v) is 22.5. The number of fused-ring (bicyclic) bond motifs is 1. The van der Waals surface area contributed by atoms with Crippen molar-refractivity contribution < 1.29 is 4.74 Å². The van der Waals surface area contributed by atoms with Gasteiger partial charge < -0.3 is 4.74 Å². The van der Waals surface area contributed by atoms with Gasteiger partial charge in [-0.1, -0.05) is 56.3 Å². The number of nitrogens with zero attached hydrogens (tertiary/aromatic N) is 3. The maximum atomic E-state index is 6.68. The Labute approximate surface area is 217 Å². The van der Waals surface area contributed by atoms with Crippen molar-refractivity contribution in [2.24, 2.45) is 0 Å². The van der Waals surface area contributed by atoms with Crippen molar-refractivity contribution in [3.8, 4) is 17.3 Å². The monoisotopic (exact) mass is 483 g/mol. The van der Waals surface area contributed by atoms with Crippen LogP contribution in [0.25, 0.3) is 11.4 Å². The second-order valence-corrected chi connectivity index (χ2v) is 10.6. The maximum Gasteiger partial charge on any atom is 0.222 e. The van der Waals surface area contributed by atoms with Gasteiger partial charge in [0.2, 0.25) is 5.88 Å². The fourth-order valence-electron chi connectivity index (χ4n) is 6.20. The number of hydrogen-bond donors (Lipinski definition) is 0. The van der Waals surface area contributed by atoms with Crippen molar-refractivity contribution in [2.45, 2.75) is 97.2 Å². The first-order chi connectivity index (χ1) is 17.6. The Morgan fingerprint density at radius 1 is 0.889 bits per heavy atom. The number of hydrogen-bond acceptors (Lipinski definition) is 4. The van der Waals surface area contributed by atoms with E-state index in [0.717, 1.165) is 55.2 Å². The Balaban J connectivity index is 1.53. The Bertz CT molecular complexity index is 1180. The average molecular weight is 484 g/mol. The molecule has 2 aliphatic carbocycles. The van der Waals surface area contributed by atoms with Crippen molar-refractivity contribution in [1.82, 2.24) is 14.9 Å².